The summed E-state index contributed by atoms with van der Waals surface area (Å²) in [6, 6.07) is 8.64. The Hall–Kier alpha value is -1.04. The third-order valence-corrected chi connectivity index (χ3v) is 2.62. The van der Waals surface area contributed by atoms with Gasteiger partial charge in [-0.2, -0.15) is 0 Å². The number of hydrogen-bond acceptors (Lipinski definition) is 0. The molecule has 1 rings (SSSR count). The minimum atomic E-state index is 1.04. The summed E-state index contributed by atoms with van der Waals surface area (Å²) in [5, 5.41) is 0. The number of allylic oxidation sites excluding steroid dienone is 1. The summed E-state index contributed by atoms with van der Waals surface area (Å²) in [6.45, 7) is 8.51. The van der Waals surface area contributed by atoms with Crippen molar-refractivity contribution >= 4 is 5.57 Å². The smallest absolute Gasteiger partial charge is 0.0198 e. The highest BCUT2D eigenvalue weighted by molar-refractivity contribution is 5.66. The summed E-state index contributed by atoms with van der Waals surface area (Å²) in [5.74, 6) is 0. The molecule has 0 aliphatic heterocycles. The van der Waals surface area contributed by atoms with E-state index in [1.807, 2.05) is 0 Å². The molecular formula is C14H20. The SMILES string of the molecule is C=C(CC)c1ccccc1CCCC. The summed E-state index contributed by atoms with van der Waals surface area (Å²) >= 11 is 0. The lowest BCUT2D eigenvalue weighted by molar-refractivity contribution is 0.793. The molecule has 0 saturated heterocycles. The van der Waals surface area contributed by atoms with E-state index in [9.17, 15) is 0 Å². The molecule has 0 nitrogen and oxygen atoms in total. The van der Waals surface area contributed by atoms with Gasteiger partial charge in [-0.25, -0.2) is 0 Å². The molecule has 0 heterocycles. The van der Waals surface area contributed by atoms with Crippen LogP contribution in [-0.4, -0.2) is 0 Å². The first kappa shape index (κ1) is 11.0. The lowest BCUT2D eigenvalue weighted by Gasteiger charge is -2.09. The van der Waals surface area contributed by atoms with Crippen LogP contribution in [0, 0.1) is 0 Å². The van der Waals surface area contributed by atoms with Crippen molar-refractivity contribution in [2.45, 2.75) is 39.5 Å². The Bertz CT molecular complexity index is 297. The summed E-state index contributed by atoms with van der Waals surface area (Å²) in [7, 11) is 0. The summed E-state index contributed by atoms with van der Waals surface area (Å²) in [6.07, 6.45) is 4.76. The van der Waals surface area contributed by atoms with E-state index < -0.39 is 0 Å². The monoisotopic (exact) mass is 188 g/mol. The van der Waals surface area contributed by atoms with E-state index in [0.717, 1.165) is 6.42 Å². The van der Waals surface area contributed by atoms with E-state index in [4.69, 9.17) is 0 Å². The first-order valence-electron chi connectivity index (χ1n) is 5.55. The second-order valence-corrected chi connectivity index (χ2v) is 3.72. The molecule has 0 unspecified atom stereocenters. The molecule has 0 saturated carbocycles. The third-order valence-electron chi connectivity index (χ3n) is 2.62. The molecule has 0 aliphatic rings. The molecule has 14 heavy (non-hydrogen) atoms. The number of rotatable bonds is 5. The van der Waals surface area contributed by atoms with E-state index in [2.05, 4.69) is 44.7 Å². The van der Waals surface area contributed by atoms with E-state index in [1.54, 1.807) is 0 Å². The molecule has 0 radical (unpaired) electrons. The fraction of sp³-hybridized carbons (Fsp3) is 0.429. The quantitative estimate of drug-likeness (QED) is 0.640. The van der Waals surface area contributed by atoms with Crippen molar-refractivity contribution in [2.24, 2.45) is 0 Å². The predicted octanol–water partition coefficient (Wildman–Crippen LogP) is 4.45. The van der Waals surface area contributed by atoms with Crippen LogP contribution in [0.1, 0.15) is 44.2 Å². The largest absolute Gasteiger partial charge is 0.0952 e. The van der Waals surface area contributed by atoms with Crippen LogP contribution in [0.4, 0.5) is 0 Å². The molecule has 0 heteroatoms. The zero-order valence-corrected chi connectivity index (χ0v) is 9.34. The highest BCUT2D eigenvalue weighted by Gasteiger charge is 2.02. The highest BCUT2D eigenvalue weighted by Crippen LogP contribution is 2.21. The molecule has 0 amide bonds. The average molecular weight is 188 g/mol. The molecule has 0 aromatic heterocycles. The molecule has 1 aromatic rings. The second kappa shape index (κ2) is 5.64. The van der Waals surface area contributed by atoms with Gasteiger partial charge in [0.15, 0.2) is 0 Å². The van der Waals surface area contributed by atoms with Crippen molar-refractivity contribution < 1.29 is 0 Å². The molecule has 0 bridgehead atoms. The van der Waals surface area contributed by atoms with Crippen LogP contribution in [0.15, 0.2) is 30.8 Å². The normalized spacial score (nSPS) is 10.1. The van der Waals surface area contributed by atoms with Crippen molar-refractivity contribution in [3.05, 3.63) is 42.0 Å². The maximum atomic E-state index is 4.11. The fourth-order valence-electron chi connectivity index (χ4n) is 1.64. The van der Waals surface area contributed by atoms with Gasteiger partial charge >= 0.3 is 0 Å². The Balaban J connectivity index is 2.85. The molecule has 76 valence electrons. The van der Waals surface area contributed by atoms with Crippen molar-refractivity contribution in [1.29, 1.82) is 0 Å². The maximum absolute atomic E-state index is 4.11. The minimum Gasteiger partial charge on any atom is -0.0952 e. The predicted molar refractivity (Wildman–Crippen MR) is 64.4 cm³/mol. The van der Waals surface area contributed by atoms with Gasteiger partial charge in [0.25, 0.3) is 0 Å². The Morgan fingerprint density at radius 2 is 1.93 bits per heavy atom. The fourth-order valence-corrected chi connectivity index (χ4v) is 1.64. The van der Waals surface area contributed by atoms with E-state index in [1.165, 1.54) is 36.0 Å². The van der Waals surface area contributed by atoms with Crippen LogP contribution in [0.25, 0.3) is 5.57 Å². The number of unbranched alkanes of at least 4 members (excludes halogenated alkanes) is 1. The van der Waals surface area contributed by atoms with Gasteiger partial charge in [-0.3, -0.25) is 0 Å². The van der Waals surface area contributed by atoms with Crippen LogP contribution < -0.4 is 0 Å². The van der Waals surface area contributed by atoms with Crippen LogP contribution >= 0.6 is 0 Å². The molecule has 0 spiro atoms. The van der Waals surface area contributed by atoms with Crippen molar-refractivity contribution in [3.8, 4) is 0 Å². The zero-order chi connectivity index (χ0) is 10.4. The maximum Gasteiger partial charge on any atom is -0.0198 e. The van der Waals surface area contributed by atoms with Gasteiger partial charge in [-0.15, -0.1) is 0 Å². The number of aryl methyl sites for hydroxylation is 1. The van der Waals surface area contributed by atoms with Crippen LogP contribution in [0.2, 0.25) is 0 Å². The van der Waals surface area contributed by atoms with Gasteiger partial charge in [-0.1, -0.05) is 51.1 Å². The van der Waals surface area contributed by atoms with Gasteiger partial charge < -0.3 is 0 Å². The van der Waals surface area contributed by atoms with Gasteiger partial charge in [0.1, 0.15) is 0 Å². The van der Waals surface area contributed by atoms with Crippen molar-refractivity contribution in [2.75, 3.05) is 0 Å². The first-order valence-corrected chi connectivity index (χ1v) is 5.55. The lowest BCUT2D eigenvalue weighted by Crippen LogP contribution is -1.92. The molecule has 0 fully saturated rings. The van der Waals surface area contributed by atoms with E-state index in [0.29, 0.717) is 0 Å². The Morgan fingerprint density at radius 1 is 1.21 bits per heavy atom. The lowest BCUT2D eigenvalue weighted by atomic mass is 9.96. The summed E-state index contributed by atoms with van der Waals surface area (Å²) < 4.78 is 0. The topological polar surface area (TPSA) is 0 Å². The van der Waals surface area contributed by atoms with Crippen LogP contribution in [0.3, 0.4) is 0 Å². The van der Waals surface area contributed by atoms with Gasteiger partial charge in [0, 0.05) is 0 Å². The number of hydrogen-bond donors (Lipinski definition) is 0. The standard InChI is InChI=1S/C14H20/c1-4-6-9-13-10-7-8-11-14(13)12(3)5-2/h7-8,10-11H,3-6,9H2,1-2H3. The molecule has 0 N–H and O–H groups in total. The molecule has 1 aromatic carbocycles. The van der Waals surface area contributed by atoms with Crippen molar-refractivity contribution in [1.82, 2.24) is 0 Å². The molecule has 0 atom stereocenters. The second-order valence-electron chi connectivity index (χ2n) is 3.72. The Labute approximate surface area is 87.7 Å². The third kappa shape index (κ3) is 2.73. The zero-order valence-electron chi connectivity index (χ0n) is 9.34. The van der Waals surface area contributed by atoms with E-state index >= 15 is 0 Å². The molecular weight excluding hydrogens is 168 g/mol. The average Bonchev–Trinajstić information content (AvgIpc) is 2.25. The summed E-state index contributed by atoms with van der Waals surface area (Å²) in [5.41, 5.74) is 4.08. The Morgan fingerprint density at radius 3 is 2.57 bits per heavy atom. The molecule has 0 aliphatic carbocycles. The number of benzene rings is 1. The minimum absolute atomic E-state index is 1.04. The Kier molecular flexibility index (Phi) is 4.45. The van der Waals surface area contributed by atoms with E-state index in [-0.39, 0.29) is 0 Å². The first-order chi connectivity index (χ1) is 6.79. The summed E-state index contributed by atoms with van der Waals surface area (Å²) in [4.78, 5) is 0. The van der Waals surface area contributed by atoms with Gasteiger partial charge in [0.05, 0.1) is 0 Å². The van der Waals surface area contributed by atoms with Gasteiger partial charge in [-0.05, 0) is 36.0 Å². The highest BCUT2D eigenvalue weighted by atomic mass is 14.1. The van der Waals surface area contributed by atoms with Gasteiger partial charge in [0.2, 0.25) is 0 Å². The van der Waals surface area contributed by atoms with Crippen LogP contribution in [-0.2, 0) is 6.42 Å². The van der Waals surface area contributed by atoms with Crippen molar-refractivity contribution in [3.63, 3.8) is 0 Å². The van der Waals surface area contributed by atoms with Crippen LogP contribution in [0.5, 0.6) is 0 Å².